The summed E-state index contributed by atoms with van der Waals surface area (Å²) >= 11 is 0. The number of nitrogens with one attached hydrogen (secondary N) is 1. The van der Waals surface area contributed by atoms with Gasteiger partial charge in [-0.25, -0.2) is 0 Å². The van der Waals surface area contributed by atoms with Crippen molar-refractivity contribution in [2.75, 3.05) is 32.7 Å². The van der Waals surface area contributed by atoms with Crippen molar-refractivity contribution in [2.24, 2.45) is 28.1 Å². The first-order chi connectivity index (χ1) is 18.4. The lowest BCUT2D eigenvalue weighted by atomic mass is 9.28. The zero-order valence-corrected chi connectivity index (χ0v) is 24.1. The second kappa shape index (κ2) is 9.26. The molecule has 0 aromatic rings. The van der Waals surface area contributed by atoms with Gasteiger partial charge in [-0.2, -0.15) is 0 Å². The molecule has 3 unspecified atom stereocenters. The summed E-state index contributed by atoms with van der Waals surface area (Å²) in [4.78, 5) is 59.7. The van der Waals surface area contributed by atoms with Crippen LogP contribution in [0.4, 0.5) is 0 Å². The Balaban J connectivity index is 1.07. The first-order valence-corrected chi connectivity index (χ1v) is 15.3. The number of β-amino-alcohol motifs (C(OH)–C–C–N with tert-alkyl or cyclic N) is 1. The average molecular weight is 543 g/mol. The van der Waals surface area contributed by atoms with Crippen LogP contribution in [0.1, 0.15) is 79.1 Å². The molecule has 6 fully saturated rings. The number of carbonyl (C=O) groups excluding carboxylic acids is 4. The highest BCUT2D eigenvalue weighted by Crippen LogP contribution is 2.86. The van der Waals surface area contributed by atoms with E-state index in [4.69, 9.17) is 0 Å². The highest BCUT2D eigenvalue weighted by molar-refractivity contribution is 6.09. The number of ketones is 1. The number of piperazine rings is 1. The normalized spacial score (nSPS) is 42.9. The number of carbonyl (C=O) groups is 4. The molecule has 4 aliphatic carbocycles. The molecule has 6 aliphatic rings. The third-order valence-corrected chi connectivity index (χ3v) is 12.4. The van der Waals surface area contributed by atoms with Gasteiger partial charge in [-0.05, 0) is 49.4 Å². The standard InChI is InChI=1S/C30H46N4O5/c1-18(26(38)33-12-10-32(11-13-33)19-8-6-5-7-9-19)31-25(37)22-14-20(35)16-34(22)27(39)23-21-15-28(2)17-29(3,24(23)36)30(21,28)4/h18-23,35H,5-17H2,1-4H3,(H,31,37)/t18-,20+,21+,22-,23?,28?,29+,30?/m0/s1. The van der Waals surface area contributed by atoms with Crippen molar-refractivity contribution in [3.05, 3.63) is 0 Å². The molecule has 2 heterocycles. The van der Waals surface area contributed by atoms with Gasteiger partial charge in [0, 0.05) is 50.6 Å². The minimum Gasteiger partial charge on any atom is -0.391 e. The van der Waals surface area contributed by atoms with Gasteiger partial charge in [0.25, 0.3) is 0 Å². The van der Waals surface area contributed by atoms with Crippen LogP contribution in [0, 0.1) is 28.1 Å². The lowest BCUT2D eigenvalue weighted by Gasteiger charge is -2.74. The molecule has 0 bridgehead atoms. The van der Waals surface area contributed by atoms with Crippen LogP contribution >= 0.6 is 0 Å². The number of aliphatic hydroxyl groups excluding tert-OH is 1. The zero-order chi connectivity index (χ0) is 27.9. The highest BCUT2D eigenvalue weighted by atomic mass is 16.3. The first kappa shape index (κ1) is 27.2. The van der Waals surface area contributed by atoms with Crippen molar-refractivity contribution in [1.82, 2.24) is 20.0 Å². The maximum absolute atomic E-state index is 13.8. The van der Waals surface area contributed by atoms with Crippen molar-refractivity contribution in [2.45, 2.75) is 103 Å². The van der Waals surface area contributed by atoms with Crippen molar-refractivity contribution >= 4 is 23.5 Å². The van der Waals surface area contributed by atoms with Gasteiger partial charge in [-0.1, -0.05) is 40.0 Å². The van der Waals surface area contributed by atoms with Crippen LogP contribution in [-0.4, -0.2) is 100 Å². The number of hydrogen-bond acceptors (Lipinski definition) is 6. The quantitative estimate of drug-likeness (QED) is 0.511. The Bertz CT molecular complexity index is 1070. The lowest BCUT2D eigenvalue weighted by Crippen LogP contribution is -2.70. The molecular weight excluding hydrogens is 496 g/mol. The zero-order valence-electron chi connectivity index (χ0n) is 24.1. The summed E-state index contributed by atoms with van der Waals surface area (Å²) in [6.07, 6.45) is 7.35. The molecule has 8 atom stereocenters. The van der Waals surface area contributed by atoms with Crippen LogP contribution in [0.25, 0.3) is 0 Å². The van der Waals surface area contributed by atoms with Gasteiger partial charge < -0.3 is 20.2 Å². The molecule has 0 aromatic carbocycles. The van der Waals surface area contributed by atoms with Crippen molar-refractivity contribution in [1.29, 1.82) is 0 Å². The fourth-order valence-corrected chi connectivity index (χ4v) is 9.89. The third-order valence-electron chi connectivity index (χ3n) is 12.4. The Morgan fingerprint density at radius 1 is 1.03 bits per heavy atom. The number of hydrogen-bond donors (Lipinski definition) is 2. The molecule has 9 heteroatoms. The van der Waals surface area contributed by atoms with Crippen LogP contribution in [-0.2, 0) is 19.2 Å². The van der Waals surface area contributed by atoms with Gasteiger partial charge in [-0.15, -0.1) is 0 Å². The molecule has 2 N–H and O–H groups in total. The molecule has 2 aliphatic heterocycles. The minimum atomic E-state index is -0.871. The van der Waals surface area contributed by atoms with Gasteiger partial charge >= 0.3 is 0 Å². The Morgan fingerprint density at radius 3 is 2.31 bits per heavy atom. The fourth-order valence-electron chi connectivity index (χ4n) is 9.89. The number of nitrogens with zero attached hydrogens (tertiary/aromatic N) is 3. The Kier molecular flexibility index (Phi) is 6.46. The van der Waals surface area contributed by atoms with Gasteiger partial charge in [0.1, 0.15) is 18.0 Å². The van der Waals surface area contributed by atoms with Crippen LogP contribution in [0.5, 0.6) is 0 Å². The SMILES string of the molecule is C[C@H](NC(=O)[C@@H]1C[C@@H](O)CN1C(=O)C1C(=O)[C@@]2(C)CC3(C)C[C@H]1C32C)C(=O)N1CCN(C2CCCCC2)CC1. The fraction of sp³-hybridized carbons (Fsp3) is 0.867. The molecule has 216 valence electrons. The van der Waals surface area contributed by atoms with Crippen molar-refractivity contribution in [3.63, 3.8) is 0 Å². The molecule has 0 aromatic heterocycles. The predicted octanol–water partition coefficient (Wildman–Crippen LogP) is 1.57. The first-order valence-electron chi connectivity index (χ1n) is 15.3. The molecule has 3 amide bonds. The number of aliphatic hydroxyl groups is 1. The van der Waals surface area contributed by atoms with Gasteiger partial charge in [0.05, 0.1) is 6.10 Å². The van der Waals surface area contributed by atoms with E-state index < -0.39 is 35.4 Å². The molecule has 6 rings (SSSR count). The second-order valence-corrected chi connectivity index (χ2v) is 14.2. The number of rotatable bonds is 5. The van der Waals surface area contributed by atoms with E-state index in [-0.39, 0.29) is 47.3 Å². The van der Waals surface area contributed by atoms with E-state index in [1.165, 1.54) is 37.0 Å². The van der Waals surface area contributed by atoms with E-state index in [0.717, 1.165) is 25.9 Å². The van der Waals surface area contributed by atoms with Crippen LogP contribution in [0.15, 0.2) is 0 Å². The summed E-state index contributed by atoms with van der Waals surface area (Å²) in [6, 6.07) is -0.960. The molecule has 2 saturated heterocycles. The number of Topliss-reactive ketones (excluding diaryl/α,β-unsaturated/α-hetero) is 1. The van der Waals surface area contributed by atoms with E-state index in [1.54, 1.807) is 6.92 Å². The van der Waals surface area contributed by atoms with Crippen molar-refractivity contribution < 1.29 is 24.3 Å². The van der Waals surface area contributed by atoms with Crippen LogP contribution in [0.2, 0.25) is 0 Å². The third kappa shape index (κ3) is 3.77. The van der Waals surface area contributed by atoms with Gasteiger partial charge in [-0.3, -0.25) is 24.1 Å². The van der Waals surface area contributed by atoms with E-state index in [1.807, 2.05) is 11.8 Å². The molecule has 0 spiro atoms. The van der Waals surface area contributed by atoms with E-state index in [9.17, 15) is 24.3 Å². The number of likely N-dealkylation sites (tertiary alicyclic amines) is 1. The van der Waals surface area contributed by atoms with Crippen LogP contribution < -0.4 is 5.32 Å². The number of amides is 3. The lowest BCUT2D eigenvalue weighted by molar-refractivity contribution is -0.270. The summed E-state index contributed by atoms with van der Waals surface area (Å²) in [5.74, 6) is -1.60. The Hall–Kier alpha value is -2.00. The maximum Gasteiger partial charge on any atom is 0.244 e. The Labute approximate surface area is 232 Å². The van der Waals surface area contributed by atoms with Gasteiger partial charge in [0.2, 0.25) is 17.7 Å². The average Bonchev–Trinajstić information content (AvgIpc) is 3.33. The minimum absolute atomic E-state index is 0.00418. The highest BCUT2D eigenvalue weighted by Gasteiger charge is 2.85. The summed E-state index contributed by atoms with van der Waals surface area (Å²) < 4.78 is 0. The molecule has 9 nitrogen and oxygen atoms in total. The topological polar surface area (TPSA) is 110 Å². The predicted molar refractivity (Wildman–Crippen MR) is 144 cm³/mol. The summed E-state index contributed by atoms with van der Waals surface area (Å²) in [5, 5.41) is 13.3. The summed E-state index contributed by atoms with van der Waals surface area (Å²) in [6.45, 7) is 11.2. The second-order valence-electron chi connectivity index (χ2n) is 14.2. The van der Waals surface area contributed by atoms with E-state index in [0.29, 0.717) is 19.1 Å². The Morgan fingerprint density at radius 2 is 1.69 bits per heavy atom. The maximum atomic E-state index is 13.8. The van der Waals surface area contributed by atoms with E-state index >= 15 is 0 Å². The monoisotopic (exact) mass is 542 g/mol. The molecule has 0 radical (unpaired) electrons. The molecule has 4 saturated carbocycles. The molecular formula is C30H46N4O5. The summed E-state index contributed by atoms with van der Waals surface area (Å²) in [7, 11) is 0. The largest absolute Gasteiger partial charge is 0.391 e. The smallest absolute Gasteiger partial charge is 0.244 e. The summed E-state index contributed by atoms with van der Waals surface area (Å²) in [5.41, 5.74) is -0.547. The van der Waals surface area contributed by atoms with Crippen molar-refractivity contribution in [3.8, 4) is 0 Å². The van der Waals surface area contributed by atoms with Crippen LogP contribution in [0.3, 0.4) is 0 Å². The van der Waals surface area contributed by atoms with E-state index in [2.05, 4.69) is 24.1 Å². The van der Waals surface area contributed by atoms with Gasteiger partial charge in [0.15, 0.2) is 5.78 Å². The molecule has 39 heavy (non-hydrogen) atoms.